The summed E-state index contributed by atoms with van der Waals surface area (Å²) >= 11 is 0. The van der Waals surface area contributed by atoms with Crippen LogP contribution >= 0.6 is 0 Å². The van der Waals surface area contributed by atoms with Crippen LogP contribution in [0, 0.1) is 11.9 Å². The zero-order valence-corrected chi connectivity index (χ0v) is 14.0. The highest BCUT2D eigenvalue weighted by Crippen LogP contribution is 2.28. The number of halogens is 1. The van der Waals surface area contributed by atoms with Crippen LogP contribution in [0.4, 0.5) is 10.1 Å². The van der Waals surface area contributed by atoms with E-state index < -0.39 is 5.95 Å². The van der Waals surface area contributed by atoms with E-state index in [0.717, 1.165) is 28.9 Å². The molecular formula is C20H17FN4O. The summed E-state index contributed by atoms with van der Waals surface area (Å²) in [6.07, 6.45) is 8.02. The fourth-order valence-electron chi connectivity index (χ4n) is 3.24. The molecule has 26 heavy (non-hydrogen) atoms. The zero-order chi connectivity index (χ0) is 17.9. The first kappa shape index (κ1) is 16.3. The average molecular weight is 348 g/mol. The molecule has 130 valence electrons. The van der Waals surface area contributed by atoms with E-state index in [-0.39, 0.29) is 11.8 Å². The highest BCUT2D eigenvalue weighted by atomic mass is 19.1. The smallest absolute Gasteiger partial charge is 0.230 e. The van der Waals surface area contributed by atoms with Gasteiger partial charge in [0, 0.05) is 36.6 Å². The summed E-state index contributed by atoms with van der Waals surface area (Å²) in [5.41, 5.74) is 3.50. The first-order valence-electron chi connectivity index (χ1n) is 8.49. The van der Waals surface area contributed by atoms with Crippen LogP contribution in [0.2, 0.25) is 0 Å². The number of hydrogen-bond donors (Lipinski definition) is 0. The molecule has 5 nitrogen and oxygen atoms in total. The molecule has 1 saturated heterocycles. The molecule has 3 aromatic heterocycles. The Morgan fingerprint density at radius 1 is 1.04 bits per heavy atom. The molecule has 4 heterocycles. The highest BCUT2D eigenvalue weighted by Gasteiger charge is 2.32. The second kappa shape index (κ2) is 7.00. The number of aromatic nitrogens is 3. The maximum atomic E-state index is 12.9. The largest absolute Gasteiger partial charge is 0.311 e. The molecule has 0 spiro atoms. The topological polar surface area (TPSA) is 59.0 Å². The Morgan fingerprint density at radius 2 is 1.88 bits per heavy atom. The molecule has 0 N–H and O–H groups in total. The molecule has 1 aliphatic rings. The molecule has 6 heteroatoms. The standard InChI is InChI=1S/C20H17FN4O/c21-19-4-1-14(12-24-19)11-16-7-10-25(20(16)26)17-2-3-18(23-13-17)15-5-8-22-9-6-15/h1-6,8-9,12-13,16H,7,10-11H2/t16-/m1/s1. The van der Waals surface area contributed by atoms with Gasteiger partial charge in [0.25, 0.3) is 0 Å². The maximum absolute atomic E-state index is 12.9. The van der Waals surface area contributed by atoms with Gasteiger partial charge >= 0.3 is 0 Å². The Morgan fingerprint density at radius 3 is 2.58 bits per heavy atom. The van der Waals surface area contributed by atoms with Crippen LogP contribution in [-0.4, -0.2) is 27.4 Å². The number of carbonyl (C=O) groups excluding carboxylic acids is 1. The zero-order valence-electron chi connectivity index (χ0n) is 14.0. The fraction of sp³-hybridized carbons (Fsp3) is 0.200. The summed E-state index contributed by atoms with van der Waals surface area (Å²) in [6, 6.07) is 10.6. The van der Waals surface area contributed by atoms with Gasteiger partial charge in [0.15, 0.2) is 0 Å². The third-order valence-corrected chi connectivity index (χ3v) is 4.62. The van der Waals surface area contributed by atoms with Crippen LogP contribution in [0.15, 0.2) is 61.2 Å². The number of carbonyl (C=O) groups is 1. The van der Waals surface area contributed by atoms with Crippen molar-refractivity contribution in [3.63, 3.8) is 0 Å². The van der Waals surface area contributed by atoms with E-state index in [1.807, 2.05) is 24.3 Å². The number of pyridine rings is 3. The monoisotopic (exact) mass is 348 g/mol. The molecular weight excluding hydrogens is 331 g/mol. The van der Waals surface area contributed by atoms with Crippen molar-refractivity contribution in [1.82, 2.24) is 15.0 Å². The average Bonchev–Trinajstić information content (AvgIpc) is 3.05. The van der Waals surface area contributed by atoms with E-state index in [2.05, 4.69) is 15.0 Å². The minimum Gasteiger partial charge on any atom is -0.311 e. The number of rotatable bonds is 4. The van der Waals surface area contributed by atoms with Crippen molar-refractivity contribution < 1.29 is 9.18 Å². The minimum atomic E-state index is -0.506. The summed E-state index contributed by atoms with van der Waals surface area (Å²) < 4.78 is 12.9. The Labute approximate surface area is 150 Å². The number of anilines is 1. The van der Waals surface area contributed by atoms with Crippen LogP contribution in [0.1, 0.15) is 12.0 Å². The third-order valence-electron chi connectivity index (χ3n) is 4.62. The lowest BCUT2D eigenvalue weighted by molar-refractivity contribution is -0.120. The van der Waals surface area contributed by atoms with Crippen LogP contribution < -0.4 is 4.90 Å². The van der Waals surface area contributed by atoms with Gasteiger partial charge in [-0.25, -0.2) is 4.98 Å². The van der Waals surface area contributed by atoms with Crippen LogP contribution in [0.3, 0.4) is 0 Å². The molecule has 0 bridgehead atoms. The Balaban J connectivity index is 1.47. The Hall–Kier alpha value is -3.15. The SMILES string of the molecule is O=C1[C@@H](Cc2ccc(F)nc2)CCN1c1ccc(-c2ccncc2)nc1. The predicted molar refractivity (Wildman–Crippen MR) is 95.8 cm³/mol. The number of nitrogens with zero attached hydrogens (tertiary/aromatic N) is 4. The highest BCUT2D eigenvalue weighted by molar-refractivity contribution is 5.97. The summed E-state index contributed by atoms with van der Waals surface area (Å²) in [5, 5.41) is 0. The van der Waals surface area contributed by atoms with Crippen molar-refractivity contribution in [3.05, 3.63) is 72.7 Å². The summed E-state index contributed by atoms with van der Waals surface area (Å²) in [6.45, 7) is 0.661. The van der Waals surface area contributed by atoms with E-state index in [1.165, 1.54) is 12.3 Å². The van der Waals surface area contributed by atoms with Crippen molar-refractivity contribution in [1.29, 1.82) is 0 Å². The van der Waals surface area contributed by atoms with E-state index in [1.54, 1.807) is 29.6 Å². The van der Waals surface area contributed by atoms with E-state index in [9.17, 15) is 9.18 Å². The quantitative estimate of drug-likeness (QED) is 0.679. The van der Waals surface area contributed by atoms with Crippen molar-refractivity contribution in [2.45, 2.75) is 12.8 Å². The predicted octanol–water partition coefficient (Wildman–Crippen LogP) is 3.27. The number of amides is 1. The first-order chi connectivity index (χ1) is 12.7. The molecule has 4 rings (SSSR count). The molecule has 0 aliphatic carbocycles. The summed E-state index contributed by atoms with van der Waals surface area (Å²) in [4.78, 5) is 26.6. The molecule has 1 atom stereocenters. The van der Waals surface area contributed by atoms with Gasteiger partial charge in [-0.15, -0.1) is 0 Å². The van der Waals surface area contributed by atoms with Crippen molar-refractivity contribution in [2.75, 3.05) is 11.4 Å². The maximum Gasteiger partial charge on any atom is 0.230 e. The summed E-state index contributed by atoms with van der Waals surface area (Å²) in [7, 11) is 0. The normalized spacial score (nSPS) is 16.9. The van der Waals surface area contributed by atoms with Crippen LogP contribution in [0.25, 0.3) is 11.3 Å². The minimum absolute atomic E-state index is 0.0767. The molecule has 1 aliphatic heterocycles. The lowest BCUT2D eigenvalue weighted by Crippen LogP contribution is -2.27. The second-order valence-corrected chi connectivity index (χ2v) is 6.31. The molecule has 3 aromatic rings. The van der Waals surface area contributed by atoms with Gasteiger partial charge in [-0.3, -0.25) is 14.8 Å². The molecule has 1 amide bonds. The molecule has 0 saturated carbocycles. The third kappa shape index (κ3) is 3.31. The van der Waals surface area contributed by atoms with E-state index in [0.29, 0.717) is 13.0 Å². The van der Waals surface area contributed by atoms with Crippen molar-refractivity contribution >= 4 is 11.6 Å². The van der Waals surface area contributed by atoms with Gasteiger partial charge in [-0.1, -0.05) is 6.07 Å². The van der Waals surface area contributed by atoms with Gasteiger partial charge in [0.1, 0.15) is 0 Å². The van der Waals surface area contributed by atoms with Gasteiger partial charge in [-0.2, -0.15) is 4.39 Å². The summed E-state index contributed by atoms with van der Waals surface area (Å²) in [5.74, 6) is -0.539. The fourth-order valence-corrected chi connectivity index (χ4v) is 3.24. The van der Waals surface area contributed by atoms with Gasteiger partial charge in [0.2, 0.25) is 11.9 Å². The lowest BCUT2D eigenvalue weighted by atomic mass is 9.99. The van der Waals surface area contributed by atoms with Gasteiger partial charge in [-0.05, 0) is 48.7 Å². The van der Waals surface area contributed by atoms with E-state index >= 15 is 0 Å². The van der Waals surface area contributed by atoms with Crippen molar-refractivity contribution in [2.24, 2.45) is 5.92 Å². The number of hydrogen-bond acceptors (Lipinski definition) is 4. The Kier molecular flexibility index (Phi) is 4.39. The molecule has 0 radical (unpaired) electrons. The molecule has 1 fully saturated rings. The van der Waals surface area contributed by atoms with Gasteiger partial charge in [0.05, 0.1) is 17.6 Å². The van der Waals surface area contributed by atoms with Gasteiger partial charge < -0.3 is 4.90 Å². The van der Waals surface area contributed by atoms with E-state index in [4.69, 9.17) is 0 Å². The Bertz CT molecular complexity index is 897. The molecule has 0 unspecified atom stereocenters. The van der Waals surface area contributed by atoms with Crippen LogP contribution in [0.5, 0.6) is 0 Å². The first-order valence-corrected chi connectivity index (χ1v) is 8.49. The molecule has 0 aromatic carbocycles. The lowest BCUT2D eigenvalue weighted by Gasteiger charge is -2.17. The van der Waals surface area contributed by atoms with Crippen molar-refractivity contribution in [3.8, 4) is 11.3 Å². The van der Waals surface area contributed by atoms with Crippen LogP contribution in [-0.2, 0) is 11.2 Å². The second-order valence-electron chi connectivity index (χ2n) is 6.31.